The van der Waals surface area contributed by atoms with Crippen molar-refractivity contribution in [3.8, 4) is 23.0 Å². The first-order valence-corrected chi connectivity index (χ1v) is 12.9. The monoisotopic (exact) mass is 515 g/mol. The zero-order valence-electron chi connectivity index (χ0n) is 21.3. The van der Waals surface area contributed by atoms with Gasteiger partial charge in [0.1, 0.15) is 11.9 Å². The van der Waals surface area contributed by atoms with Gasteiger partial charge in [-0.15, -0.1) is 0 Å². The van der Waals surface area contributed by atoms with Gasteiger partial charge in [0.05, 0.1) is 38.6 Å². The summed E-state index contributed by atoms with van der Waals surface area (Å²) in [5.74, 6) is 2.05. The molecule has 0 bridgehead atoms. The van der Waals surface area contributed by atoms with Gasteiger partial charge in [-0.1, -0.05) is 42.5 Å². The van der Waals surface area contributed by atoms with Crippen LogP contribution in [-0.4, -0.2) is 56.2 Å². The number of amides is 1. The second kappa shape index (κ2) is 9.22. The first-order chi connectivity index (χ1) is 18.7. The lowest BCUT2D eigenvalue weighted by Crippen LogP contribution is -2.55. The van der Waals surface area contributed by atoms with E-state index in [9.17, 15) is 4.79 Å². The van der Waals surface area contributed by atoms with Gasteiger partial charge in [0.25, 0.3) is 5.91 Å². The van der Waals surface area contributed by atoms with Crippen molar-refractivity contribution in [1.29, 1.82) is 0 Å². The first kappa shape index (κ1) is 23.4. The van der Waals surface area contributed by atoms with E-state index in [2.05, 4.69) is 12.1 Å². The number of benzene rings is 3. The van der Waals surface area contributed by atoms with Crippen molar-refractivity contribution < 1.29 is 33.2 Å². The standard InChI is InChI=1S/C30H29NO7/c1-33-19-10-8-17(9-11-19)14-31-21-13-23-27(38-23)29(35-15-18-6-4-3-5-7-18)24(21)20-12-22-26(37-16-36-22)28(34-2)25(20)30(31)32/h3-12,21,23-24,27,29H,13-16H2,1-2H3/t21-,23+,24+,27+,29+/m0/s1. The van der Waals surface area contributed by atoms with Crippen LogP contribution in [0.15, 0.2) is 60.7 Å². The van der Waals surface area contributed by atoms with Gasteiger partial charge in [-0.3, -0.25) is 4.79 Å². The molecule has 5 atom stereocenters. The van der Waals surface area contributed by atoms with E-state index >= 15 is 0 Å². The number of carbonyl (C=O) groups is 1. The van der Waals surface area contributed by atoms with Crippen LogP contribution >= 0.6 is 0 Å². The summed E-state index contributed by atoms with van der Waals surface area (Å²) in [6.45, 7) is 1.00. The highest BCUT2D eigenvalue weighted by molar-refractivity contribution is 6.02. The van der Waals surface area contributed by atoms with Crippen molar-refractivity contribution in [3.63, 3.8) is 0 Å². The van der Waals surface area contributed by atoms with E-state index in [1.54, 1.807) is 14.2 Å². The number of carbonyl (C=O) groups excluding carboxylic acids is 1. The van der Waals surface area contributed by atoms with Crippen molar-refractivity contribution in [1.82, 2.24) is 4.90 Å². The van der Waals surface area contributed by atoms with E-state index in [4.69, 9.17) is 28.4 Å². The highest BCUT2D eigenvalue weighted by Gasteiger charge is 2.60. The molecule has 4 aliphatic rings. The van der Waals surface area contributed by atoms with E-state index < -0.39 is 0 Å². The molecule has 2 fully saturated rings. The van der Waals surface area contributed by atoms with E-state index in [1.165, 1.54) is 0 Å². The largest absolute Gasteiger partial charge is 0.497 e. The number of nitrogens with zero attached hydrogens (tertiary/aromatic N) is 1. The topological polar surface area (TPSA) is 79.0 Å². The van der Waals surface area contributed by atoms with Crippen LogP contribution in [0.5, 0.6) is 23.0 Å². The summed E-state index contributed by atoms with van der Waals surface area (Å²) in [5.41, 5.74) is 3.50. The second-order valence-corrected chi connectivity index (χ2v) is 10.1. The molecule has 8 nitrogen and oxygen atoms in total. The van der Waals surface area contributed by atoms with Crippen LogP contribution in [0.25, 0.3) is 0 Å². The molecule has 8 heteroatoms. The number of hydrogen-bond acceptors (Lipinski definition) is 7. The molecule has 7 rings (SSSR count). The maximum atomic E-state index is 14.2. The molecule has 1 aliphatic carbocycles. The Balaban J connectivity index is 1.31. The Morgan fingerprint density at radius 1 is 0.974 bits per heavy atom. The number of epoxide rings is 1. The van der Waals surface area contributed by atoms with Gasteiger partial charge in [-0.05, 0) is 41.3 Å². The fourth-order valence-electron chi connectivity index (χ4n) is 6.23. The zero-order chi connectivity index (χ0) is 25.8. The fourth-order valence-corrected chi connectivity index (χ4v) is 6.23. The van der Waals surface area contributed by atoms with E-state index in [0.717, 1.165) is 28.9 Å². The molecule has 3 heterocycles. The lowest BCUT2D eigenvalue weighted by molar-refractivity contribution is -0.0266. The minimum atomic E-state index is -0.228. The minimum Gasteiger partial charge on any atom is -0.497 e. The van der Waals surface area contributed by atoms with Crippen molar-refractivity contribution >= 4 is 5.91 Å². The lowest BCUT2D eigenvalue weighted by Gasteiger charge is -2.46. The van der Waals surface area contributed by atoms with Crippen LogP contribution in [0, 0.1) is 0 Å². The van der Waals surface area contributed by atoms with Crippen LogP contribution in [-0.2, 0) is 22.6 Å². The average Bonchev–Trinajstić information content (AvgIpc) is 3.59. The normalized spacial score (nSPS) is 26.3. The summed E-state index contributed by atoms with van der Waals surface area (Å²) in [7, 11) is 3.21. The Morgan fingerprint density at radius 2 is 1.79 bits per heavy atom. The number of rotatable bonds is 7. The van der Waals surface area contributed by atoms with Gasteiger partial charge in [0.15, 0.2) is 11.5 Å². The van der Waals surface area contributed by atoms with Crippen LogP contribution < -0.4 is 18.9 Å². The summed E-state index contributed by atoms with van der Waals surface area (Å²) < 4.78 is 35.3. The van der Waals surface area contributed by atoms with Gasteiger partial charge in [0.2, 0.25) is 12.5 Å². The van der Waals surface area contributed by atoms with Crippen LogP contribution in [0.1, 0.15) is 39.4 Å². The highest BCUT2D eigenvalue weighted by atomic mass is 16.7. The van der Waals surface area contributed by atoms with E-state index in [-0.39, 0.29) is 43.0 Å². The number of ether oxygens (including phenoxy) is 6. The Hall–Kier alpha value is -3.75. The minimum absolute atomic E-state index is 0.0136. The van der Waals surface area contributed by atoms with Crippen LogP contribution in [0.2, 0.25) is 0 Å². The molecule has 3 aromatic carbocycles. The van der Waals surface area contributed by atoms with Crippen LogP contribution in [0.4, 0.5) is 0 Å². The molecule has 0 radical (unpaired) electrons. The zero-order valence-corrected chi connectivity index (χ0v) is 21.3. The molecule has 1 saturated carbocycles. The Bertz CT molecular complexity index is 1360. The van der Waals surface area contributed by atoms with Gasteiger partial charge < -0.3 is 33.3 Å². The molecule has 196 valence electrons. The summed E-state index contributed by atoms with van der Waals surface area (Å²) in [6.07, 6.45) is 0.577. The number of hydrogen-bond donors (Lipinski definition) is 0. The maximum absolute atomic E-state index is 14.2. The predicted molar refractivity (Wildman–Crippen MR) is 137 cm³/mol. The average molecular weight is 516 g/mol. The second-order valence-electron chi connectivity index (χ2n) is 10.1. The molecule has 0 N–H and O–H groups in total. The molecule has 3 aliphatic heterocycles. The molecule has 1 amide bonds. The summed E-state index contributed by atoms with van der Waals surface area (Å²) >= 11 is 0. The van der Waals surface area contributed by atoms with Gasteiger partial charge in [-0.25, -0.2) is 0 Å². The highest BCUT2D eigenvalue weighted by Crippen LogP contribution is 2.56. The quantitative estimate of drug-likeness (QED) is 0.434. The third kappa shape index (κ3) is 3.78. The Kier molecular flexibility index (Phi) is 5.67. The smallest absolute Gasteiger partial charge is 0.258 e. The lowest BCUT2D eigenvalue weighted by atomic mass is 9.72. The molecule has 0 unspecified atom stereocenters. The number of fused-ring (bicyclic) bond motifs is 5. The Labute approximate surface area is 221 Å². The molecule has 3 aromatic rings. The molecular weight excluding hydrogens is 486 g/mol. The third-order valence-electron chi connectivity index (χ3n) is 8.07. The Morgan fingerprint density at radius 3 is 2.55 bits per heavy atom. The van der Waals surface area contributed by atoms with Crippen molar-refractivity contribution in [2.24, 2.45) is 0 Å². The molecule has 1 saturated heterocycles. The van der Waals surface area contributed by atoms with E-state index in [0.29, 0.717) is 36.0 Å². The third-order valence-corrected chi connectivity index (χ3v) is 8.07. The van der Waals surface area contributed by atoms with Crippen LogP contribution in [0.3, 0.4) is 0 Å². The SMILES string of the molecule is COc1ccc(CN2C(=O)c3c(cc4c(c3OC)OCO4)[C@H]3[C@@H](OCc4ccccc4)[C@@H]4O[C@@H]4C[C@@H]32)cc1. The van der Waals surface area contributed by atoms with Crippen molar-refractivity contribution in [2.45, 2.75) is 49.8 Å². The van der Waals surface area contributed by atoms with E-state index in [1.807, 2.05) is 53.4 Å². The molecule has 38 heavy (non-hydrogen) atoms. The first-order valence-electron chi connectivity index (χ1n) is 12.9. The summed E-state index contributed by atoms with van der Waals surface area (Å²) in [6, 6.07) is 19.8. The summed E-state index contributed by atoms with van der Waals surface area (Å²) in [5, 5.41) is 0. The van der Waals surface area contributed by atoms with Crippen molar-refractivity contribution in [2.75, 3.05) is 21.0 Å². The predicted octanol–water partition coefficient (Wildman–Crippen LogP) is 4.30. The summed E-state index contributed by atoms with van der Waals surface area (Å²) in [4.78, 5) is 16.2. The molecule has 0 spiro atoms. The maximum Gasteiger partial charge on any atom is 0.258 e. The van der Waals surface area contributed by atoms with Gasteiger partial charge >= 0.3 is 0 Å². The molecule has 0 aromatic heterocycles. The molecular formula is C30H29NO7. The van der Waals surface area contributed by atoms with Gasteiger partial charge in [0, 0.05) is 18.5 Å². The van der Waals surface area contributed by atoms with Crippen molar-refractivity contribution in [3.05, 3.63) is 82.9 Å². The van der Waals surface area contributed by atoms with Gasteiger partial charge in [-0.2, -0.15) is 0 Å². The number of methoxy groups -OCH3 is 2. The fraction of sp³-hybridized carbons (Fsp3) is 0.367.